The second-order valence-corrected chi connectivity index (χ2v) is 7.92. The highest BCUT2D eigenvalue weighted by molar-refractivity contribution is 5.91. The number of piperidine rings is 2. The number of hydrogen-bond donors (Lipinski definition) is 1. The minimum Gasteiger partial charge on any atom is -0.480 e. The predicted molar refractivity (Wildman–Crippen MR) is 99.8 cm³/mol. The molecular formula is C21H23N3O4. The number of fused-ring (bicyclic) bond motifs is 3. The van der Waals surface area contributed by atoms with E-state index in [9.17, 15) is 9.59 Å². The number of amides is 2. The van der Waals surface area contributed by atoms with E-state index in [0.717, 1.165) is 43.4 Å². The second-order valence-electron chi connectivity index (χ2n) is 7.92. The van der Waals surface area contributed by atoms with Crippen molar-refractivity contribution in [3.05, 3.63) is 47.9 Å². The van der Waals surface area contributed by atoms with E-state index in [0.29, 0.717) is 6.42 Å². The van der Waals surface area contributed by atoms with E-state index in [-0.39, 0.29) is 35.7 Å². The Kier molecular flexibility index (Phi) is 4.30. The van der Waals surface area contributed by atoms with Gasteiger partial charge < -0.3 is 19.5 Å². The molecule has 0 aliphatic carbocycles. The van der Waals surface area contributed by atoms with Crippen LogP contribution >= 0.6 is 0 Å². The molecule has 1 aromatic carbocycles. The summed E-state index contributed by atoms with van der Waals surface area (Å²) in [6.07, 6.45) is 6.26. The lowest BCUT2D eigenvalue weighted by Gasteiger charge is -2.49. The van der Waals surface area contributed by atoms with Crippen LogP contribution in [0.4, 0.5) is 0 Å². The van der Waals surface area contributed by atoms with E-state index < -0.39 is 6.10 Å². The molecule has 7 heteroatoms. The van der Waals surface area contributed by atoms with Crippen molar-refractivity contribution in [2.75, 3.05) is 0 Å². The Bertz CT molecular complexity index is 843. The molecule has 2 fully saturated rings. The van der Waals surface area contributed by atoms with Gasteiger partial charge in [-0.2, -0.15) is 0 Å². The van der Waals surface area contributed by atoms with Crippen molar-refractivity contribution < 1.29 is 18.8 Å². The molecule has 0 saturated carbocycles. The zero-order valence-corrected chi connectivity index (χ0v) is 15.5. The van der Waals surface area contributed by atoms with Gasteiger partial charge >= 0.3 is 0 Å². The summed E-state index contributed by atoms with van der Waals surface area (Å²) in [5.74, 6) is 0.891. The third-order valence-corrected chi connectivity index (χ3v) is 6.15. The molecule has 1 N–H and O–H groups in total. The number of nitrogens with one attached hydrogen (secondary N) is 1. The smallest absolute Gasteiger partial charge is 0.290 e. The standard InChI is InChI=1S/C21H23N3O4/c25-20(18-8-9-22-28-18)23-14-11-15-5-3-6-16(12-14)24(15)21(26)19-10-13-4-1-2-7-17(13)27-19/h1-2,4,7-9,14-16,19H,3,5-6,10-12H2,(H,23,25)/t14?,15-,16+,19?. The molecule has 28 heavy (non-hydrogen) atoms. The first kappa shape index (κ1) is 17.3. The fourth-order valence-corrected chi connectivity index (χ4v) is 4.93. The van der Waals surface area contributed by atoms with Crippen LogP contribution in [0.25, 0.3) is 0 Å². The highest BCUT2D eigenvalue weighted by atomic mass is 16.5. The van der Waals surface area contributed by atoms with Crippen molar-refractivity contribution in [3.8, 4) is 5.75 Å². The molecule has 3 aliphatic heterocycles. The Labute approximate surface area is 163 Å². The molecule has 4 heterocycles. The topological polar surface area (TPSA) is 84.7 Å². The number of para-hydroxylation sites is 1. The zero-order chi connectivity index (χ0) is 19.1. The van der Waals surface area contributed by atoms with Gasteiger partial charge in [-0.3, -0.25) is 9.59 Å². The molecule has 4 atom stereocenters. The van der Waals surface area contributed by atoms with E-state index in [1.54, 1.807) is 6.07 Å². The summed E-state index contributed by atoms with van der Waals surface area (Å²) in [5.41, 5.74) is 1.10. The Morgan fingerprint density at radius 3 is 2.61 bits per heavy atom. The Morgan fingerprint density at radius 2 is 1.89 bits per heavy atom. The third kappa shape index (κ3) is 3.04. The SMILES string of the molecule is O=C(NC1C[C@H]2CCC[C@@H](C1)N2C(=O)C1Cc2ccccc2O1)c1ccno1. The molecule has 2 amide bonds. The molecule has 0 radical (unpaired) electrons. The molecule has 2 saturated heterocycles. The number of carbonyl (C=O) groups excluding carboxylic acids is 2. The van der Waals surface area contributed by atoms with Crippen molar-refractivity contribution in [2.45, 2.75) is 62.8 Å². The van der Waals surface area contributed by atoms with E-state index in [1.165, 1.54) is 6.20 Å². The minimum absolute atomic E-state index is 0.0404. The maximum atomic E-state index is 13.3. The van der Waals surface area contributed by atoms with Crippen molar-refractivity contribution in [3.63, 3.8) is 0 Å². The summed E-state index contributed by atoms with van der Waals surface area (Å²) in [4.78, 5) is 27.6. The lowest BCUT2D eigenvalue weighted by molar-refractivity contribution is -0.148. The quantitative estimate of drug-likeness (QED) is 0.882. The van der Waals surface area contributed by atoms with Crippen LogP contribution in [0, 0.1) is 0 Å². The highest BCUT2D eigenvalue weighted by Crippen LogP contribution is 2.37. The van der Waals surface area contributed by atoms with Crippen LogP contribution in [-0.2, 0) is 11.2 Å². The molecule has 2 aromatic rings. The molecule has 7 nitrogen and oxygen atoms in total. The number of hydrogen-bond acceptors (Lipinski definition) is 5. The number of rotatable bonds is 3. The average molecular weight is 381 g/mol. The minimum atomic E-state index is -0.430. The number of nitrogens with zero attached hydrogens (tertiary/aromatic N) is 2. The van der Waals surface area contributed by atoms with Gasteiger partial charge in [0.25, 0.3) is 11.8 Å². The maximum Gasteiger partial charge on any atom is 0.290 e. The van der Waals surface area contributed by atoms with E-state index in [4.69, 9.17) is 9.26 Å². The van der Waals surface area contributed by atoms with E-state index >= 15 is 0 Å². The first-order valence-corrected chi connectivity index (χ1v) is 9.97. The third-order valence-electron chi connectivity index (χ3n) is 6.15. The molecule has 2 bridgehead atoms. The molecule has 5 rings (SSSR count). The predicted octanol–water partition coefficient (Wildman–Crippen LogP) is 2.32. The molecule has 1 aromatic heterocycles. The fraction of sp³-hybridized carbons (Fsp3) is 0.476. The number of aromatic nitrogens is 1. The van der Waals surface area contributed by atoms with Gasteiger partial charge in [0.15, 0.2) is 6.10 Å². The van der Waals surface area contributed by atoms with E-state index in [2.05, 4.69) is 15.4 Å². The van der Waals surface area contributed by atoms with E-state index in [1.807, 2.05) is 24.3 Å². The Hall–Kier alpha value is -2.83. The van der Waals surface area contributed by atoms with Crippen molar-refractivity contribution in [2.24, 2.45) is 0 Å². The summed E-state index contributed by atoms with van der Waals surface area (Å²) in [6, 6.07) is 9.75. The van der Waals surface area contributed by atoms with Gasteiger partial charge in [0.2, 0.25) is 5.76 Å². The largest absolute Gasteiger partial charge is 0.480 e. The van der Waals surface area contributed by atoms with Crippen LogP contribution in [0.1, 0.15) is 48.2 Å². The summed E-state index contributed by atoms with van der Waals surface area (Å²) in [7, 11) is 0. The lowest BCUT2D eigenvalue weighted by Crippen LogP contribution is -2.61. The number of benzene rings is 1. The lowest BCUT2D eigenvalue weighted by atomic mass is 9.81. The summed E-state index contributed by atoms with van der Waals surface area (Å²) < 4.78 is 10.9. The Balaban J connectivity index is 1.27. The van der Waals surface area contributed by atoms with Crippen LogP contribution in [0.15, 0.2) is 41.1 Å². The fourth-order valence-electron chi connectivity index (χ4n) is 4.93. The zero-order valence-electron chi connectivity index (χ0n) is 15.5. The Morgan fingerprint density at radius 1 is 1.11 bits per heavy atom. The van der Waals surface area contributed by atoms with Crippen molar-refractivity contribution in [1.29, 1.82) is 0 Å². The van der Waals surface area contributed by atoms with Crippen LogP contribution in [0.3, 0.4) is 0 Å². The van der Waals surface area contributed by atoms with Crippen molar-refractivity contribution >= 4 is 11.8 Å². The van der Waals surface area contributed by atoms with Crippen LogP contribution in [0.2, 0.25) is 0 Å². The second kappa shape index (κ2) is 6.96. The van der Waals surface area contributed by atoms with Gasteiger partial charge in [-0.1, -0.05) is 23.4 Å². The molecular weight excluding hydrogens is 358 g/mol. The van der Waals surface area contributed by atoms with Crippen LogP contribution in [-0.4, -0.2) is 46.1 Å². The first-order chi connectivity index (χ1) is 13.7. The summed E-state index contributed by atoms with van der Waals surface area (Å²) in [6.45, 7) is 0. The van der Waals surface area contributed by atoms with Crippen LogP contribution in [0.5, 0.6) is 5.75 Å². The van der Waals surface area contributed by atoms with Gasteiger partial charge in [0.1, 0.15) is 5.75 Å². The summed E-state index contributed by atoms with van der Waals surface area (Å²) in [5, 5.41) is 6.64. The van der Waals surface area contributed by atoms with Gasteiger partial charge in [0, 0.05) is 30.6 Å². The van der Waals surface area contributed by atoms with Gasteiger partial charge in [-0.05, 0) is 43.7 Å². The monoisotopic (exact) mass is 381 g/mol. The highest BCUT2D eigenvalue weighted by Gasteiger charge is 2.44. The molecule has 146 valence electrons. The van der Waals surface area contributed by atoms with Crippen LogP contribution < -0.4 is 10.1 Å². The normalized spacial score (nSPS) is 28.4. The number of carbonyl (C=O) groups is 2. The first-order valence-electron chi connectivity index (χ1n) is 9.97. The van der Waals surface area contributed by atoms with Gasteiger partial charge in [-0.25, -0.2) is 0 Å². The van der Waals surface area contributed by atoms with Gasteiger partial charge in [-0.15, -0.1) is 0 Å². The average Bonchev–Trinajstić information content (AvgIpc) is 3.36. The molecule has 2 unspecified atom stereocenters. The summed E-state index contributed by atoms with van der Waals surface area (Å²) >= 11 is 0. The van der Waals surface area contributed by atoms with Crippen molar-refractivity contribution in [1.82, 2.24) is 15.4 Å². The number of ether oxygens (including phenoxy) is 1. The maximum absolute atomic E-state index is 13.3. The molecule has 0 spiro atoms. The van der Waals surface area contributed by atoms with Gasteiger partial charge in [0.05, 0.1) is 6.20 Å². The molecule has 3 aliphatic rings.